The fourth-order valence-electron chi connectivity index (χ4n) is 1.35. The van der Waals surface area contributed by atoms with Crippen molar-refractivity contribution in [2.45, 2.75) is 20.3 Å². The molecule has 0 fully saturated rings. The summed E-state index contributed by atoms with van der Waals surface area (Å²) in [5.74, 6) is 0.601. The lowest BCUT2D eigenvalue weighted by molar-refractivity contribution is 0.252. The van der Waals surface area contributed by atoms with E-state index in [2.05, 4.69) is 10.6 Å². The minimum absolute atomic E-state index is 0.226. The molecular weight excluding hydrogens is 240 g/mol. The molecule has 0 spiro atoms. The lowest BCUT2D eigenvalue weighted by Crippen LogP contribution is -2.29. The van der Waals surface area contributed by atoms with Crippen LogP contribution in [-0.4, -0.2) is 19.7 Å². The number of anilines is 1. The number of halogens is 1. The van der Waals surface area contributed by atoms with E-state index in [1.54, 1.807) is 19.2 Å². The molecule has 0 bridgehead atoms. The number of hydrogen-bond donors (Lipinski definition) is 2. The molecular formula is C12H17ClN2O2. The van der Waals surface area contributed by atoms with Crippen molar-refractivity contribution in [2.75, 3.05) is 19.0 Å². The monoisotopic (exact) mass is 256 g/mol. The van der Waals surface area contributed by atoms with Crippen LogP contribution in [-0.2, 0) is 0 Å². The molecule has 2 N–H and O–H groups in total. The van der Waals surface area contributed by atoms with Crippen molar-refractivity contribution < 1.29 is 9.53 Å². The van der Waals surface area contributed by atoms with E-state index < -0.39 is 0 Å². The Kier molecular flexibility index (Phi) is 5.10. The van der Waals surface area contributed by atoms with E-state index in [-0.39, 0.29) is 6.03 Å². The molecule has 1 rings (SSSR count). The molecule has 0 aliphatic rings. The summed E-state index contributed by atoms with van der Waals surface area (Å²) in [5.41, 5.74) is 1.59. The molecule has 1 aromatic rings. The number of methoxy groups -OCH3 is 1. The normalized spacial score (nSPS) is 9.88. The average Bonchev–Trinajstić information content (AvgIpc) is 2.30. The first-order chi connectivity index (χ1) is 8.08. The Morgan fingerprint density at radius 3 is 2.76 bits per heavy atom. The zero-order valence-electron chi connectivity index (χ0n) is 10.3. The summed E-state index contributed by atoms with van der Waals surface area (Å²) in [6, 6.07) is 3.25. The molecule has 0 heterocycles. The summed E-state index contributed by atoms with van der Waals surface area (Å²) in [4.78, 5) is 11.5. The molecule has 0 atom stereocenters. The largest absolute Gasteiger partial charge is 0.495 e. The average molecular weight is 257 g/mol. The van der Waals surface area contributed by atoms with Crippen molar-refractivity contribution in [1.82, 2.24) is 5.32 Å². The highest BCUT2D eigenvalue weighted by atomic mass is 35.5. The maximum absolute atomic E-state index is 11.5. The second kappa shape index (κ2) is 6.35. The van der Waals surface area contributed by atoms with Gasteiger partial charge in [0.1, 0.15) is 5.75 Å². The number of benzene rings is 1. The third kappa shape index (κ3) is 3.82. The van der Waals surface area contributed by atoms with Crippen molar-refractivity contribution in [3.8, 4) is 5.75 Å². The summed E-state index contributed by atoms with van der Waals surface area (Å²) in [7, 11) is 1.56. The molecule has 2 amide bonds. The summed E-state index contributed by atoms with van der Waals surface area (Å²) in [5, 5.41) is 5.95. The second-order valence-electron chi connectivity index (χ2n) is 3.68. The van der Waals surface area contributed by atoms with Gasteiger partial charge in [-0.3, -0.25) is 0 Å². The smallest absolute Gasteiger partial charge is 0.319 e. The highest BCUT2D eigenvalue weighted by molar-refractivity contribution is 6.32. The lowest BCUT2D eigenvalue weighted by Gasteiger charge is -2.12. The quantitative estimate of drug-likeness (QED) is 0.869. The van der Waals surface area contributed by atoms with Gasteiger partial charge in [0.15, 0.2) is 0 Å². The van der Waals surface area contributed by atoms with Gasteiger partial charge in [0.2, 0.25) is 0 Å². The Balaban J connectivity index is 2.78. The summed E-state index contributed by atoms with van der Waals surface area (Å²) < 4.78 is 5.09. The summed E-state index contributed by atoms with van der Waals surface area (Å²) >= 11 is 5.99. The van der Waals surface area contributed by atoms with Gasteiger partial charge in [0.05, 0.1) is 12.1 Å². The first kappa shape index (κ1) is 13.6. The van der Waals surface area contributed by atoms with Crippen molar-refractivity contribution in [3.63, 3.8) is 0 Å². The Morgan fingerprint density at radius 2 is 2.18 bits per heavy atom. The van der Waals surface area contributed by atoms with Crippen LogP contribution >= 0.6 is 11.6 Å². The third-order valence-corrected chi connectivity index (χ3v) is 2.58. The molecule has 17 heavy (non-hydrogen) atoms. The maximum atomic E-state index is 11.5. The fourth-order valence-corrected chi connectivity index (χ4v) is 1.59. The molecule has 0 aromatic heterocycles. The van der Waals surface area contributed by atoms with Gasteiger partial charge in [-0.25, -0.2) is 4.79 Å². The van der Waals surface area contributed by atoms with E-state index in [0.29, 0.717) is 23.0 Å². The number of urea groups is 1. The predicted molar refractivity (Wildman–Crippen MR) is 70.1 cm³/mol. The number of carbonyl (C=O) groups excluding carboxylic acids is 1. The van der Waals surface area contributed by atoms with E-state index in [0.717, 1.165) is 12.0 Å². The van der Waals surface area contributed by atoms with Gasteiger partial charge >= 0.3 is 6.03 Å². The first-order valence-electron chi connectivity index (χ1n) is 5.47. The minimum Gasteiger partial charge on any atom is -0.495 e. The Bertz CT molecular complexity index is 408. The number of hydrogen-bond acceptors (Lipinski definition) is 2. The van der Waals surface area contributed by atoms with Crippen molar-refractivity contribution in [1.29, 1.82) is 0 Å². The molecule has 0 aliphatic carbocycles. The highest BCUT2D eigenvalue weighted by Crippen LogP contribution is 2.30. The molecule has 94 valence electrons. The van der Waals surface area contributed by atoms with E-state index >= 15 is 0 Å². The second-order valence-corrected chi connectivity index (χ2v) is 4.09. The van der Waals surface area contributed by atoms with Crippen molar-refractivity contribution in [3.05, 3.63) is 22.7 Å². The SMILES string of the molecule is CCCNC(=O)Nc1cc(Cl)c(OC)cc1C. The van der Waals surface area contributed by atoms with Crippen LogP contribution in [0, 0.1) is 6.92 Å². The number of carbonyl (C=O) groups is 1. The molecule has 1 aromatic carbocycles. The zero-order valence-corrected chi connectivity index (χ0v) is 11.0. The fraction of sp³-hybridized carbons (Fsp3) is 0.417. The molecule has 0 radical (unpaired) electrons. The number of aryl methyl sites for hydroxylation is 1. The summed E-state index contributed by atoms with van der Waals surface area (Å²) in [6.07, 6.45) is 0.899. The molecule has 0 unspecified atom stereocenters. The number of nitrogens with one attached hydrogen (secondary N) is 2. The Hall–Kier alpha value is -1.42. The van der Waals surface area contributed by atoms with Gasteiger partial charge in [-0.15, -0.1) is 0 Å². The van der Waals surface area contributed by atoms with E-state index in [4.69, 9.17) is 16.3 Å². The van der Waals surface area contributed by atoms with Crippen LogP contribution in [0.3, 0.4) is 0 Å². The van der Waals surface area contributed by atoms with Crippen molar-refractivity contribution >= 4 is 23.3 Å². The topological polar surface area (TPSA) is 50.4 Å². The molecule has 0 saturated heterocycles. The highest BCUT2D eigenvalue weighted by Gasteiger charge is 2.08. The molecule has 4 nitrogen and oxygen atoms in total. The van der Waals surface area contributed by atoms with E-state index in [1.165, 1.54) is 0 Å². The van der Waals surface area contributed by atoms with Gasteiger partial charge in [0.25, 0.3) is 0 Å². The van der Waals surface area contributed by atoms with Crippen LogP contribution in [0.5, 0.6) is 5.75 Å². The van der Waals surface area contributed by atoms with Gasteiger partial charge in [-0.1, -0.05) is 18.5 Å². The summed E-state index contributed by atoms with van der Waals surface area (Å²) in [6.45, 7) is 4.53. The molecule has 5 heteroatoms. The number of amides is 2. The van der Waals surface area contributed by atoms with E-state index in [9.17, 15) is 4.79 Å². The van der Waals surface area contributed by atoms with Crippen LogP contribution in [0.15, 0.2) is 12.1 Å². The van der Waals surface area contributed by atoms with Crippen molar-refractivity contribution in [2.24, 2.45) is 0 Å². The molecule has 0 saturated carbocycles. The van der Waals surface area contributed by atoms with Crippen LogP contribution in [0.1, 0.15) is 18.9 Å². The van der Waals surface area contributed by atoms with Gasteiger partial charge in [-0.2, -0.15) is 0 Å². The van der Waals surface area contributed by atoms with Gasteiger partial charge < -0.3 is 15.4 Å². The first-order valence-corrected chi connectivity index (χ1v) is 5.85. The minimum atomic E-state index is -0.226. The van der Waals surface area contributed by atoms with Gasteiger partial charge in [0, 0.05) is 12.2 Å². The predicted octanol–water partition coefficient (Wildman–Crippen LogP) is 3.19. The maximum Gasteiger partial charge on any atom is 0.319 e. The number of ether oxygens (including phenoxy) is 1. The Labute approximate surface area is 106 Å². The lowest BCUT2D eigenvalue weighted by atomic mass is 10.2. The van der Waals surface area contributed by atoms with Gasteiger partial charge in [-0.05, 0) is 31.0 Å². The Morgan fingerprint density at radius 1 is 1.47 bits per heavy atom. The van der Waals surface area contributed by atoms with Crippen LogP contribution in [0.4, 0.5) is 10.5 Å². The zero-order chi connectivity index (χ0) is 12.8. The van der Waals surface area contributed by atoms with Crippen LogP contribution < -0.4 is 15.4 Å². The van der Waals surface area contributed by atoms with Crippen LogP contribution in [0.25, 0.3) is 0 Å². The van der Waals surface area contributed by atoms with Crippen LogP contribution in [0.2, 0.25) is 5.02 Å². The third-order valence-electron chi connectivity index (χ3n) is 2.28. The standard InChI is InChI=1S/C12H17ClN2O2/c1-4-5-14-12(16)15-10-7-9(13)11(17-3)6-8(10)2/h6-7H,4-5H2,1-3H3,(H2,14,15,16). The van der Waals surface area contributed by atoms with E-state index in [1.807, 2.05) is 13.8 Å². The molecule has 0 aliphatic heterocycles. The number of rotatable bonds is 4.